The molecule has 0 aliphatic carbocycles. The summed E-state index contributed by atoms with van der Waals surface area (Å²) in [7, 11) is 0. The smallest absolute Gasteiger partial charge is 0.306 e. The van der Waals surface area contributed by atoms with Gasteiger partial charge in [0.2, 0.25) is 0 Å². The fourth-order valence-electron chi connectivity index (χ4n) is 9.00. The summed E-state index contributed by atoms with van der Waals surface area (Å²) < 4.78 is 16.9. The molecule has 80 heavy (non-hydrogen) atoms. The van der Waals surface area contributed by atoms with Crippen LogP contribution in [0.15, 0.2) is 134 Å². The Hall–Kier alpha value is -4.45. The Morgan fingerprint density at radius 1 is 0.263 bits per heavy atom. The highest BCUT2D eigenvalue weighted by Gasteiger charge is 2.19. The van der Waals surface area contributed by atoms with Crippen LogP contribution < -0.4 is 0 Å². The molecule has 0 aromatic heterocycles. The molecule has 1 unspecified atom stereocenters. The van der Waals surface area contributed by atoms with Crippen molar-refractivity contribution >= 4 is 17.9 Å². The molecule has 0 aromatic carbocycles. The summed E-state index contributed by atoms with van der Waals surface area (Å²) in [6, 6.07) is 0. The quantitative estimate of drug-likeness (QED) is 0.0261. The maximum Gasteiger partial charge on any atom is 0.306 e. The van der Waals surface area contributed by atoms with Crippen LogP contribution in [0.3, 0.4) is 0 Å². The average Bonchev–Trinajstić information content (AvgIpc) is 3.46. The highest BCUT2D eigenvalue weighted by molar-refractivity contribution is 5.71. The SMILES string of the molecule is CC/C=C\C/C=C\C/C=C\C/C=C\C/C=C\C/C=C\C/C=C\CCCCCCCCCCCCCCCC(=O)OCC(COC(=O)CCCCCCCCCCCCCC)OC(=O)CCCC/C=C\C/C=C\C/C=C\C/C=C\CC. The molecule has 0 rings (SSSR count). The molecule has 1 atom stereocenters. The third-order valence-electron chi connectivity index (χ3n) is 13.9. The third kappa shape index (κ3) is 64.4. The fraction of sp³-hybridized carbons (Fsp3) is 0.662. The lowest BCUT2D eigenvalue weighted by atomic mass is 10.0. The van der Waals surface area contributed by atoms with Crippen LogP contribution >= 0.6 is 0 Å². The molecule has 454 valence electrons. The van der Waals surface area contributed by atoms with Gasteiger partial charge in [-0.05, 0) is 116 Å². The highest BCUT2D eigenvalue weighted by Crippen LogP contribution is 2.16. The molecule has 0 aliphatic rings. The Kier molecular flexibility index (Phi) is 63.3. The van der Waals surface area contributed by atoms with Crippen molar-refractivity contribution in [2.24, 2.45) is 0 Å². The van der Waals surface area contributed by atoms with Gasteiger partial charge in [0.05, 0.1) is 0 Å². The number of allylic oxidation sites excluding steroid dienone is 22. The third-order valence-corrected chi connectivity index (χ3v) is 13.9. The Balaban J connectivity index is 4.19. The summed E-state index contributed by atoms with van der Waals surface area (Å²) in [5.74, 6) is -0.933. The zero-order valence-electron chi connectivity index (χ0n) is 52.0. The number of ether oxygens (including phenoxy) is 3. The van der Waals surface area contributed by atoms with Crippen molar-refractivity contribution in [3.05, 3.63) is 134 Å². The second kappa shape index (κ2) is 67.1. The maximum absolute atomic E-state index is 12.9. The number of unbranched alkanes of at least 4 members (excludes halogenated alkanes) is 26. The van der Waals surface area contributed by atoms with Crippen molar-refractivity contribution in [1.82, 2.24) is 0 Å². The van der Waals surface area contributed by atoms with Gasteiger partial charge in [0, 0.05) is 19.3 Å². The van der Waals surface area contributed by atoms with Crippen LogP contribution in [-0.4, -0.2) is 37.2 Å². The van der Waals surface area contributed by atoms with Crippen molar-refractivity contribution in [3.8, 4) is 0 Å². The van der Waals surface area contributed by atoms with Crippen molar-refractivity contribution in [2.75, 3.05) is 13.2 Å². The topological polar surface area (TPSA) is 78.9 Å². The van der Waals surface area contributed by atoms with Crippen LogP contribution in [0.1, 0.15) is 297 Å². The molecule has 0 aromatic rings. The van der Waals surface area contributed by atoms with Gasteiger partial charge in [-0.25, -0.2) is 0 Å². The molecule has 0 fully saturated rings. The number of carbonyl (C=O) groups excluding carboxylic acids is 3. The zero-order chi connectivity index (χ0) is 57.8. The first-order chi connectivity index (χ1) is 39.5. The number of rotatable bonds is 59. The van der Waals surface area contributed by atoms with Gasteiger partial charge in [0.25, 0.3) is 0 Å². The van der Waals surface area contributed by atoms with Crippen LogP contribution in [0.2, 0.25) is 0 Å². The minimum Gasteiger partial charge on any atom is -0.462 e. The van der Waals surface area contributed by atoms with E-state index in [-0.39, 0.29) is 37.5 Å². The molecule has 0 amide bonds. The van der Waals surface area contributed by atoms with Crippen molar-refractivity contribution in [1.29, 1.82) is 0 Å². The lowest BCUT2D eigenvalue weighted by molar-refractivity contribution is -0.167. The largest absolute Gasteiger partial charge is 0.462 e. The molecule has 0 radical (unpaired) electrons. The van der Waals surface area contributed by atoms with Crippen molar-refractivity contribution in [3.63, 3.8) is 0 Å². The number of carbonyl (C=O) groups is 3. The van der Waals surface area contributed by atoms with Gasteiger partial charge in [-0.15, -0.1) is 0 Å². The number of hydrogen-bond donors (Lipinski definition) is 0. The molecule has 0 aliphatic heterocycles. The Morgan fingerprint density at radius 2 is 0.487 bits per heavy atom. The van der Waals surface area contributed by atoms with E-state index >= 15 is 0 Å². The molecule has 6 nitrogen and oxygen atoms in total. The molecule has 0 bridgehead atoms. The minimum absolute atomic E-state index is 0.0941. The highest BCUT2D eigenvalue weighted by atomic mass is 16.6. The summed E-state index contributed by atoms with van der Waals surface area (Å²) in [5.41, 5.74) is 0. The predicted octanol–water partition coefficient (Wildman–Crippen LogP) is 22.9. The normalized spacial score (nSPS) is 13.0. The lowest BCUT2D eigenvalue weighted by Crippen LogP contribution is -2.30. The first-order valence-corrected chi connectivity index (χ1v) is 33.2. The van der Waals surface area contributed by atoms with Gasteiger partial charge < -0.3 is 14.2 Å². The zero-order valence-corrected chi connectivity index (χ0v) is 52.0. The van der Waals surface area contributed by atoms with Crippen LogP contribution in [0.25, 0.3) is 0 Å². The molecule has 0 saturated carbocycles. The molecule has 0 saturated heterocycles. The Bertz CT molecular complexity index is 1700. The maximum atomic E-state index is 12.9. The number of hydrogen-bond acceptors (Lipinski definition) is 6. The van der Waals surface area contributed by atoms with Gasteiger partial charge in [-0.3, -0.25) is 14.4 Å². The van der Waals surface area contributed by atoms with Crippen LogP contribution in [-0.2, 0) is 28.6 Å². The lowest BCUT2D eigenvalue weighted by Gasteiger charge is -2.18. The molecule has 0 spiro atoms. The predicted molar refractivity (Wildman–Crippen MR) is 348 cm³/mol. The van der Waals surface area contributed by atoms with Crippen LogP contribution in [0, 0.1) is 0 Å². The summed E-state index contributed by atoms with van der Waals surface area (Å²) >= 11 is 0. The minimum atomic E-state index is -0.801. The van der Waals surface area contributed by atoms with Crippen molar-refractivity contribution < 1.29 is 28.6 Å². The van der Waals surface area contributed by atoms with Gasteiger partial charge in [0.15, 0.2) is 6.10 Å². The van der Waals surface area contributed by atoms with E-state index in [0.29, 0.717) is 19.3 Å². The Labute approximate surface area is 494 Å². The average molecular weight is 1110 g/mol. The first-order valence-electron chi connectivity index (χ1n) is 33.2. The monoisotopic (exact) mass is 1110 g/mol. The molecular weight excluding hydrogens is 985 g/mol. The Morgan fingerprint density at radius 3 is 0.787 bits per heavy atom. The van der Waals surface area contributed by atoms with Crippen LogP contribution in [0.5, 0.6) is 0 Å². The van der Waals surface area contributed by atoms with Crippen molar-refractivity contribution in [2.45, 2.75) is 303 Å². The summed E-state index contributed by atoms with van der Waals surface area (Å²) in [6.07, 6.45) is 94.8. The second-order valence-electron chi connectivity index (χ2n) is 21.6. The van der Waals surface area contributed by atoms with Gasteiger partial charge in [-0.1, -0.05) is 296 Å². The summed E-state index contributed by atoms with van der Waals surface area (Å²) in [4.78, 5) is 38.2. The van der Waals surface area contributed by atoms with E-state index in [0.717, 1.165) is 122 Å². The molecule has 6 heteroatoms. The summed E-state index contributed by atoms with van der Waals surface area (Å²) in [6.45, 7) is 6.38. The molecular formula is C74H122O6. The molecule has 0 N–H and O–H groups in total. The second-order valence-corrected chi connectivity index (χ2v) is 21.6. The number of esters is 3. The van der Waals surface area contributed by atoms with Crippen LogP contribution in [0.4, 0.5) is 0 Å². The van der Waals surface area contributed by atoms with E-state index in [4.69, 9.17) is 14.2 Å². The van der Waals surface area contributed by atoms with Gasteiger partial charge >= 0.3 is 17.9 Å². The van der Waals surface area contributed by atoms with E-state index in [1.54, 1.807) is 0 Å². The van der Waals surface area contributed by atoms with E-state index in [9.17, 15) is 14.4 Å². The molecule has 0 heterocycles. The van der Waals surface area contributed by atoms with E-state index in [2.05, 4.69) is 154 Å². The fourth-order valence-corrected chi connectivity index (χ4v) is 9.00. The van der Waals surface area contributed by atoms with Gasteiger partial charge in [0.1, 0.15) is 13.2 Å². The van der Waals surface area contributed by atoms with E-state index in [1.807, 2.05) is 0 Å². The standard InChI is InChI=1S/C74H122O6/c1-4-7-10-13-16-19-22-25-27-28-29-30-31-32-33-34-35-36-37-38-39-40-41-42-43-44-45-46-48-49-52-55-58-61-64-67-73(76)79-70-71(69-78-72(75)66-63-60-57-54-51-24-21-18-15-12-9-6-3)80-74(77)68-65-62-59-56-53-50-47-26-23-20-17-14-11-8-5-2/h7-8,10-11,16-17,19-20,25-27,29-30,32-33,35-36,38-39,47,53,56,71H,4-6,9,12-15,18,21-24,28,31,34,37,40-46,48-52,54-55,57-70H2,1-3H3/b10-7-,11-8-,19-16-,20-17-,27-25-,30-29-,33-32-,36-35-,39-38-,47-26-,56-53-. The summed E-state index contributed by atoms with van der Waals surface area (Å²) in [5, 5.41) is 0. The van der Waals surface area contributed by atoms with Gasteiger partial charge in [-0.2, -0.15) is 0 Å². The van der Waals surface area contributed by atoms with E-state index < -0.39 is 6.10 Å². The van der Waals surface area contributed by atoms with E-state index in [1.165, 1.54) is 128 Å². The first kappa shape index (κ1) is 75.5.